The number of hydrogen-bond acceptors (Lipinski definition) is 3. The van der Waals surface area contributed by atoms with Crippen LogP contribution in [0.4, 0.5) is 0 Å². The first kappa shape index (κ1) is 12.7. The van der Waals surface area contributed by atoms with Crippen LogP contribution in [0.2, 0.25) is 0 Å². The second-order valence-electron chi connectivity index (χ2n) is 4.28. The Morgan fingerprint density at radius 2 is 2.25 bits per heavy atom. The van der Waals surface area contributed by atoms with Gasteiger partial charge in [0.05, 0.1) is 5.41 Å². The fourth-order valence-electron chi connectivity index (χ4n) is 1.86. The van der Waals surface area contributed by atoms with E-state index in [1.54, 1.807) is 11.6 Å². The van der Waals surface area contributed by atoms with Crippen LogP contribution in [0.5, 0.6) is 0 Å². The van der Waals surface area contributed by atoms with Gasteiger partial charge in [-0.05, 0) is 20.3 Å². The summed E-state index contributed by atoms with van der Waals surface area (Å²) in [6, 6.07) is 0. The minimum Gasteiger partial charge on any atom is -0.481 e. The zero-order valence-electron chi connectivity index (χ0n) is 10.1. The van der Waals surface area contributed by atoms with E-state index < -0.39 is 11.4 Å². The van der Waals surface area contributed by atoms with Gasteiger partial charge in [0.15, 0.2) is 0 Å². The van der Waals surface area contributed by atoms with Crippen molar-refractivity contribution in [2.24, 2.45) is 5.41 Å². The highest BCUT2D eigenvalue weighted by atomic mass is 16.4. The third kappa shape index (κ3) is 2.59. The van der Waals surface area contributed by atoms with E-state index in [0.29, 0.717) is 12.8 Å². The van der Waals surface area contributed by atoms with Crippen LogP contribution in [-0.4, -0.2) is 25.8 Å². The summed E-state index contributed by atoms with van der Waals surface area (Å²) >= 11 is 0. The summed E-state index contributed by atoms with van der Waals surface area (Å²) in [5.41, 5.74) is -0.741. The minimum atomic E-state index is -0.764. The SMILES string of the molecule is CCCC(C)(Cc1ncnn1CC)C(=O)O. The molecule has 0 aromatic carbocycles. The van der Waals surface area contributed by atoms with Crippen LogP contribution in [0.25, 0.3) is 0 Å². The van der Waals surface area contributed by atoms with Gasteiger partial charge in [-0.3, -0.25) is 9.48 Å². The summed E-state index contributed by atoms with van der Waals surface area (Å²) in [5.74, 6) is -0.0131. The molecule has 1 unspecified atom stereocenters. The van der Waals surface area contributed by atoms with Gasteiger partial charge in [-0.15, -0.1) is 0 Å². The molecule has 1 aromatic heterocycles. The average Bonchev–Trinajstić information content (AvgIpc) is 2.65. The molecule has 5 heteroatoms. The highest BCUT2D eigenvalue weighted by Gasteiger charge is 2.33. The van der Waals surface area contributed by atoms with Gasteiger partial charge in [-0.1, -0.05) is 13.3 Å². The van der Waals surface area contributed by atoms with Crippen LogP contribution >= 0.6 is 0 Å². The van der Waals surface area contributed by atoms with Gasteiger partial charge in [0.2, 0.25) is 0 Å². The predicted molar refractivity (Wildman–Crippen MR) is 60.1 cm³/mol. The van der Waals surface area contributed by atoms with Crippen LogP contribution in [0.3, 0.4) is 0 Å². The fraction of sp³-hybridized carbons (Fsp3) is 0.727. The van der Waals surface area contributed by atoms with Crippen molar-refractivity contribution < 1.29 is 9.90 Å². The van der Waals surface area contributed by atoms with E-state index in [4.69, 9.17) is 0 Å². The van der Waals surface area contributed by atoms with Crippen LogP contribution in [0.15, 0.2) is 6.33 Å². The molecule has 0 amide bonds. The standard InChI is InChI=1S/C11H19N3O2/c1-4-6-11(3,10(15)16)7-9-12-8-13-14(9)5-2/h8H,4-7H2,1-3H3,(H,15,16). The molecule has 0 aliphatic carbocycles. The number of nitrogens with zero attached hydrogens (tertiary/aromatic N) is 3. The van der Waals surface area contributed by atoms with Crippen molar-refractivity contribution in [3.8, 4) is 0 Å². The molecule has 0 saturated heterocycles. The maximum absolute atomic E-state index is 11.3. The van der Waals surface area contributed by atoms with Gasteiger partial charge >= 0.3 is 5.97 Å². The smallest absolute Gasteiger partial charge is 0.309 e. The molecule has 0 aliphatic heterocycles. The molecule has 1 aromatic rings. The molecule has 0 radical (unpaired) electrons. The van der Waals surface area contributed by atoms with Gasteiger partial charge in [0.1, 0.15) is 12.2 Å². The van der Waals surface area contributed by atoms with Crippen LogP contribution in [0, 0.1) is 5.41 Å². The van der Waals surface area contributed by atoms with Gasteiger partial charge in [0, 0.05) is 13.0 Å². The molecule has 0 spiro atoms. The van der Waals surface area contributed by atoms with Gasteiger partial charge in [-0.25, -0.2) is 4.98 Å². The lowest BCUT2D eigenvalue weighted by Gasteiger charge is -2.23. The Bertz CT molecular complexity index is 362. The summed E-state index contributed by atoms with van der Waals surface area (Å²) < 4.78 is 1.75. The highest BCUT2D eigenvalue weighted by Crippen LogP contribution is 2.27. The maximum Gasteiger partial charge on any atom is 0.309 e. The first-order chi connectivity index (χ1) is 7.53. The summed E-state index contributed by atoms with van der Waals surface area (Å²) in [5, 5.41) is 13.3. The summed E-state index contributed by atoms with van der Waals surface area (Å²) in [6.07, 6.45) is 3.42. The topological polar surface area (TPSA) is 68.0 Å². The second-order valence-corrected chi connectivity index (χ2v) is 4.28. The number of aliphatic carboxylic acids is 1. The van der Waals surface area contributed by atoms with Crippen LogP contribution < -0.4 is 0 Å². The highest BCUT2D eigenvalue weighted by molar-refractivity contribution is 5.74. The van der Waals surface area contributed by atoms with E-state index in [1.807, 2.05) is 13.8 Å². The Labute approximate surface area is 95.5 Å². The Balaban J connectivity index is 2.87. The monoisotopic (exact) mass is 225 g/mol. The largest absolute Gasteiger partial charge is 0.481 e. The zero-order valence-corrected chi connectivity index (χ0v) is 10.1. The molecule has 0 fully saturated rings. The molecule has 0 aliphatic rings. The van der Waals surface area contributed by atoms with Crippen molar-refractivity contribution in [1.29, 1.82) is 0 Å². The van der Waals surface area contributed by atoms with Crippen LogP contribution in [0.1, 0.15) is 39.4 Å². The van der Waals surface area contributed by atoms with Crippen molar-refractivity contribution >= 4 is 5.97 Å². The minimum absolute atomic E-state index is 0.435. The van der Waals surface area contributed by atoms with E-state index in [9.17, 15) is 9.90 Å². The maximum atomic E-state index is 11.3. The summed E-state index contributed by atoms with van der Waals surface area (Å²) in [7, 11) is 0. The molecular formula is C11H19N3O2. The first-order valence-electron chi connectivity index (χ1n) is 5.63. The second kappa shape index (κ2) is 5.09. The zero-order chi connectivity index (χ0) is 12.2. The number of carboxylic acids is 1. The summed E-state index contributed by atoms with van der Waals surface area (Å²) in [6.45, 7) is 6.45. The molecule has 1 N–H and O–H groups in total. The molecule has 0 bridgehead atoms. The number of aryl methyl sites for hydroxylation is 1. The quantitative estimate of drug-likeness (QED) is 0.800. The lowest BCUT2D eigenvalue weighted by atomic mass is 9.82. The number of carbonyl (C=O) groups is 1. The normalized spacial score (nSPS) is 14.7. The molecule has 1 heterocycles. The molecule has 1 atom stereocenters. The predicted octanol–water partition coefficient (Wildman–Crippen LogP) is 1.73. The Hall–Kier alpha value is -1.39. The molecule has 90 valence electrons. The molecule has 16 heavy (non-hydrogen) atoms. The van der Waals surface area contributed by atoms with Gasteiger partial charge in [-0.2, -0.15) is 5.10 Å². The summed E-state index contributed by atoms with van der Waals surface area (Å²) in [4.78, 5) is 15.4. The number of hydrogen-bond donors (Lipinski definition) is 1. The first-order valence-corrected chi connectivity index (χ1v) is 5.63. The Morgan fingerprint density at radius 1 is 1.56 bits per heavy atom. The van der Waals surface area contributed by atoms with Crippen molar-refractivity contribution in [2.75, 3.05) is 0 Å². The van der Waals surface area contributed by atoms with Crippen molar-refractivity contribution in [1.82, 2.24) is 14.8 Å². The number of aromatic nitrogens is 3. The molecule has 0 saturated carbocycles. The van der Waals surface area contributed by atoms with E-state index in [-0.39, 0.29) is 0 Å². The lowest BCUT2D eigenvalue weighted by Crippen LogP contribution is -2.31. The number of rotatable bonds is 6. The number of carboxylic acid groups (broad SMARTS) is 1. The van der Waals surface area contributed by atoms with E-state index in [1.165, 1.54) is 6.33 Å². The average molecular weight is 225 g/mol. The third-order valence-electron chi connectivity index (χ3n) is 2.86. The molecule has 1 rings (SSSR count). The van der Waals surface area contributed by atoms with Gasteiger partial charge in [0.25, 0.3) is 0 Å². The fourth-order valence-corrected chi connectivity index (χ4v) is 1.86. The van der Waals surface area contributed by atoms with E-state index >= 15 is 0 Å². The van der Waals surface area contributed by atoms with E-state index in [0.717, 1.165) is 18.8 Å². The third-order valence-corrected chi connectivity index (χ3v) is 2.86. The van der Waals surface area contributed by atoms with Crippen molar-refractivity contribution in [2.45, 2.75) is 46.6 Å². The van der Waals surface area contributed by atoms with Gasteiger partial charge < -0.3 is 5.11 Å². The lowest BCUT2D eigenvalue weighted by molar-refractivity contribution is -0.148. The van der Waals surface area contributed by atoms with Crippen LogP contribution in [-0.2, 0) is 17.8 Å². The molecular weight excluding hydrogens is 206 g/mol. The van der Waals surface area contributed by atoms with E-state index in [2.05, 4.69) is 10.1 Å². The van der Waals surface area contributed by atoms with Crippen molar-refractivity contribution in [3.63, 3.8) is 0 Å². The van der Waals surface area contributed by atoms with Crippen molar-refractivity contribution in [3.05, 3.63) is 12.2 Å². The molecule has 5 nitrogen and oxygen atoms in total. The Morgan fingerprint density at radius 3 is 2.75 bits per heavy atom. The Kier molecular flexibility index (Phi) is 4.04.